The molecule has 176 valence electrons. The van der Waals surface area contributed by atoms with Crippen molar-refractivity contribution in [1.29, 1.82) is 5.26 Å². The molecule has 9 heteroatoms. The number of hydrogen-bond acceptors (Lipinski definition) is 6. The molecule has 0 radical (unpaired) electrons. The number of carbonyl (C=O) groups is 1. The van der Waals surface area contributed by atoms with Crippen molar-refractivity contribution in [3.8, 4) is 22.9 Å². The summed E-state index contributed by atoms with van der Waals surface area (Å²) >= 11 is 0. The lowest BCUT2D eigenvalue weighted by Gasteiger charge is -2.15. The zero-order chi connectivity index (χ0) is 24.7. The van der Waals surface area contributed by atoms with Gasteiger partial charge < -0.3 is 15.0 Å². The number of rotatable bonds is 5. The van der Waals surface area contributed by atoms with Gasteiger partial charge in [-0.15, -0.1) is 0 Å². The van der Waals surface area contributed by atoms with E-state index in [1.54, 1.807) is 43.0 Å². The molecule has 0 saturated heterocycles. The Bertz CT molecular complexity index is 1520. The molecule has 35 heavy (non-hydrogen) atoms. The third-order valence-corrected chi connectivity index (χ3v) is 6.14. The van der Waals surface area contributed by atoms with Gasteiger partial charge in [-0.1, -0.05) is 6.07 Å². The van der Waals surface area contributed by atoms with Crippen LogP contribution in [0.25, 0.3) is 16.8 Å². The van der Waals surface area contributed by atoms with Gasteiger partial charge in [-0.2, -0.15) is 5.26 Å². The average Bonchev–Trinajstić information content (AvgIpc) is 3.50. The molecule has 0 unspecified atom stereocenters. The molecule has 1 amide bonds. The Morgan fingerprint density at radius 1 is 1.29 bits per heavy atom. The standard InChI is InChI=1S/C26H23FN6O2/c1-15-10-16(25(34)32(2)3)4-5-18(15)21-13-30-26(33-14-17(11-28)31-24(21)33)29-12-20-19-8-9-35-23(19)7-6-22(20)27/h4-7,10,13-14H,8-9,12H2,1-3H3,(H,29,30). The molecule has 0 saturated carbocycles. The summed E-state index contributed by atoms with van der Waals surface area (Å²) in [6, 6.07) is 10.6. The fourth-order valence-electron chi connectivity index (χ4n) is 4.38. The Balaban J connectivity index is 1.53. The lowest BCUT2D eigenvalue weighted by Crippen LogP contribution is -2.21. The van der Waals surface area contributed by atoms with E-state index in [2.05, 4.69) is 21.4 Å². The molecule has 0 fully saturated rings. The number of anilines is 1. The van der Waals surface area contributed by atoms with Crippen LogP contribution >= 0.6 is 0 Å². The molecule has 0 bridgehead atoms. The number of nitriles is 1. The smallest absolute Gasteiger partial charge is 0.253 e. The van der Waals surface area contributed by atoms with Crippen LogP contribution in [0.1, 0.15) is 32.7 Å². The number of hydrogen-bond donors (Lipinski definition) is 1. The van der Waals surface area contributed by atoms with Gasteiger partial charge in [0.25, 0.3) is 5.91 Å². The summed E-state index contributed by atoms with van der Waals surface area (Å²) in [5.74, 6) is 0.754. The normalized spacial score (nSPS) is 12.2. The Morgan fingerprint density at radius 2 is 2.11 bits per heavy atom. The summed E-state index contributed by atoms with van der Waals surface area (Å²) in [6.45, 7) is 2.66. The summed E-state index contributed by atoms with van der Waals surface area (Å²) in [5.41, 5.74) is 5.21. The molecular weight excluding hydrogens is 447 g/mol. The fraction of sp³-hybridized carbons (Fsp3) is 0.231. The molecule has 1 N–H and O–H groups in total. The monoisotopic (exact) mass is 470 g/mol. The molecular formula is C26H23FN6O2. The number of benzene rings is 2. The highest BCUT2D eigenvalue weighted by atomic mass is 19.1. The third-order valence-electron chi connectivity index (χ3n) is 6.14. The Kier molecular flexibility index (Phi) is 5.57. The van der Waals surface area contributed by atoms with Crippen molar-refractivity contribution in [3.05, 3.63) is 76.5 Å². The van der Waals surface area contributed by atoms with Crippen molar-refractivity contribution < 1.29 is 13.9 Å². The van der Waals surface area contributed by atoms with E-state index in [1.807, 2.05) is 19.1 Å². The topological polar surface area (TPSA) is 95.5 Å². The molecule has 0 aliphatic carbocycles. The number of aryl methyl sites for hydroxylation is 1. The number of nitrogens with zero attached hydrogens (tertiary/aromatic N) is 5. The maximum atomic E-state index is 14.6. The van der Waals surface area contributed by atoms with Crippen LogP contribution in [0.3, 0.4) is 0 Å². The van der Waals surface area contributed by atoms with Crippen molar-refractivity contribution in [2.24, 2.45) is 0 Å². The van der Waals surface area contributed by atoms with E-state index in [0.717, 1.165) is 22.3 Å². The summed E-state index contributed by atoms with van der Waals surface area (Å²) in [5, 5.41) is 12.7. The van der Waals surface area contributed by atoms with E-state index in [4.69, 9.17) is 4.74 Å². The quantitative estimate of drug-likeness (QED) is 0.474. The van der Waals surface area contributed by atoms with Crippen molar-refractivity contribution in [2.45, 2.75) is 19.9 Å². The number of imidazole rings is 1. The van der Waals surface area contributed by atoms with E-state index >= 15 is 0 Å². The highest BCUT2D eigenvalue weighted by Crippen LogP contribution is 2.32. The second kappa shape index (κ2) is 8.72. The van der Waals surface area contributed by atoms with Gasteiger partial charge in [-0.25, -0.2) is 14.4 Å². The van der Waals surface area contributed by atoms with Crippen LogP contribution in [0.2, 0.25) is 0 Å². The van der Waals surface area contributed by atoms with E-state index in [-0.39, 0.29) is 24.0 Å². The minimum atomic E-state index is -0.305. The molecule has 3 heterocycles. The van der Waals surface area contributed by atoms with Crippen LogP contribution in [-0.4, -0.2) is 45.9 Å². The number of halogens is 1. The predicted molar refractivity (Wildman–Crippen MR) is 129 cm³/mol. The third kappa shape index (κ3) is 3.93. The van der Waals surface area contributed by atoms with E-state index in [1.165, 1.54) is 11.0 Å². The number of fused-ring (bicyclic) bond motifs is 2. The Morgan fingerprint density at radius 3 is 2.86 bits per heavy atom. The molecule has 2 aromatic heterocycles. The zero-order valence-corrected chi connectivity index (χ0v) is 19.6. The minimum Gasteiger partial charge on any atom is -0.493 e. The van der Waals surface area contributed by atoms with Crippen LogP contribution in [0.4, 0.5) is 10.3 Å². The van der Waals surface area contributed by atoms with Gasteiger partial charge in [0, 0.05) is 55.5 Å². The number of ether oxygens (including phenoxy) is 1. The van der Waals surface area contributed by atoms with Gasteiger partial charge in [-0.3, -0.25) is 9.20 Å². The lowest BCUT2D eigenvalue weighted by atomic mass is 9.99. The first-order valence-electron chi connectivity index (χ1n) is 11.1. The van der Waals surface area contributed by atoms with Gasteiger partial charge in [0.1, 0.15) is 17.6 Å². The number of amides is 1. The molecule has 1 aliphatic heterocycles. The van der Waals surface area contributed by atoms with Gasteiger partial charge in [0.15, 0.2) is 11.3 Å². The molecule has 8 nitrogen and oxygen atoms in total. The van der Waals surface area contributed by atoms with Crippen LogP contribution < -0.4 is 10.1 Å². The van der Waals surface area contributed by atoms with Gasteiger partial charge in [-0.05, 0) is 42.3 Å². The maximum absolute atomic E-state index is 14.6. The van der Waals surface area contributed by atoms with Crippen LogP contribution in [0.15, 0.2) is 42.7 Å². The highest BCUT2D eigenvalue weighted by molar-refractivity contribution is 5.95. The SMILES string of the molecule is Cc1cc(C(=O)N(C)C)ccc1-c1cnc(NCc2c(F)ccc3c2CCO3)n2cc(C#N)nc12. The van der Waals surface area contributed by atoms with E-state index in [0.29, 0.717) is 41.5 Å². The Hall–Kier alpha value is -4.45. The molecule has 4 aromatic rings. The van der Waals surface area contributed by atoms with Crippen molar-refractivity contribution >= 4 is 17.5 Å². The van der Waals surface area contributed by atoms with Gasteiger partial charge in [0.2, 0.25) is 5.95 Å². The lowest BCUT2D eigenvalue weighted by molar-refractivity contribution is 0.0827. The predicted octanol–water partition coefficient (Wildman–Crippen LogP) is 3.96. The number of aromatic nitrogens is 3. The van der Waals surface area contributed by atoms with Crippen molar-refractivity contribution in [2.75, 3.05) is 26.0 Å². The summed E-state index contributed by atoms with van der Waals surface area (Å²) in [4.78, 5) is 22.9. The zero-order valence-electron chi connectivity index (χ0n) is 19.6. The van der Waals surface area contributed by atoms with Gasteiger partial charge in [0.05, 0.1) is 12.8 Å². The first kappa shape index (κ1) is 22.3. The number of nitrogens with one attached hydrogen (secondary N) is 1. The van der Waals surface area contributed by atoms with Crippen molar-refractivity contribution in [1.82, 2.24) is 19.3 Å². The summed E-state index contributed by atoms with van der Waals surface area (Å²) in [7, 11) is 3.42. The van der Waals surface area contributed by atoms with Gasteiger partial charge >= 0.3 is 0 Å². The maximum Gasteiger partial charge on any atom is 0.253 e. The van der Waals surface area contributed by atoms with E-state index < -0.39 is 0 Å². The van der Waals surface area contributed by atoms with Crippen LogP contribution in [0.5, 0.6) is 5.75 Å². The average molecular weight is 471 g/mol. The van der Waals surface area contributed by atoms with E-state index in [9.17, 15) is 14.4 Å². The summed E-state index contributed by atoms with van der Waals surface area (Å²) < 4.78 is 21.8. The summed E-state index contributed by atoms with van der Waals surface area (Å²) in [6.07, 6.45) is 3.93. The Labute approximate surface area is 201 Å². The van der Waals surface area contributed by atoms with Crippen LogP contribution in [-0.2, 0) is 13.0 Å². The number of carbonyl (C=O) groups excluding carboxylic acids is 1. The van der Waals surface area contributed by atoms with Crippen molar-refractivity contribution in [3.63, 3.8) is 0 Å². The van der Waals surface area contributed by atoms with Crippen LogP contribution in [0, 0.1) is 24.1 Å². The fourth-order valence-corrected chi connectivity index (χ4v) is 4.38. The molecule has 1 aliphatic rings. The largest absolute Gasteiger partial charge is 0.493 e. The first-order valence-corrected chi connectivity index (χ1v) is 11.1. The minimum absolute atomic E-state index is 0.0833. The molecule has 0 atom stereocenters. The molecule has 5 rings (SSSR count). The highest BCUT2D eigenvalue weighted by Gasteiger charge is 2.21. The second-order valence-corrected chi connectivity index (χ2v) is 8.61. The second-order valence-electron chi connectivity index (χ2n) is 8.61. The molecule has 2 aromatic carbocycles. The molecule has 0 spiro atoms. The first-order chi connectivity index (χ1) is 16.9.